The third-order valence-electron chi connectivity index (χ3n) is 3.89. The van der Waals surface area contributed by atoms with E-state index in [0.717, 1.165) is 24.3 Å². The lowest BCUT2D eigenvalue weighted by atomic mass is 10.1. The Labute approximate surface area is 147 Å². The van der Waals surface area contributed by atoms with Gasteiger partial charge >= 0.3 is 0 Å². The van der Waals surface area contributed by atoms with Crippen LogP contribution in [0.1, 0.15) is 18.1 Å². The number of rotatable bonds is 5. The second-order valence-electron chi connectivity index (χ2n) is 5.56. The highest BCUT2D eigenvalue weighted by Gasteiger charge is 2.19. The maximum atomic E-state index is 11.7. The Morgan fingerprint density at radius 3 is 2.33 bits per heavy atom. The third kappa shape index (κ3) is 3.81. The van der Waals surface area contributed by atoms with Crippen LogP contribution in [-0.4, -0.2) is 17.6 Å². The van der Waals surface area contributed by atoms with Crippen molar-refractivity contribution in [2.45, 2.75) is 13.5 Å². The number of amides is 1. The molecule has 0 unspecified atom stereocenters. The minimum Gasteiger partial charge on any atom is -0.367 e. The van der Waals surface area contributed by atoms with E-state index in [1.165, 1.54) is 5.56 Å². The second-order valence-corrected chi connectivity index (χ2v) is 5.97. The smallest absolute Gasteiger partial charge is 0.273 e. The average molecular weight is 337 g/mol. The summed E-state index contributed by atoms with van der Waals surface area (Å²) in [6.07, 6.45) is 1.80. The van der Waals surface area contributed by atoms with Gasteiger partial charge < -0.3 is 10.2 Å². The molecule has 1 amide bonds. The summed E-state index contributed by atoms with van der Waals surface area (Å²) in [5, 5.41) is 5.76. The molecule has 0 spiro atoms. The molecule has 0 atom stereocenters. The number of hydrogen-bond acceptors (Lipinski definition) is 3. The van der Waals surface area contributed by atoms with Crippen LogP contribution in [0.25, 0.3) is 6.08 Å². The molecule has 0 aliphatic carbocycles. The van der Waals surface area contributed by atoms with Crippen LogP contribution >= 0.6 is 12.2 Å². The van der Waals surface area contributed by atoms with Gasteiger partial charge in [0, 0.05) is 18.8 Å². The molecule has 24 heavy (non-hydrogen) atoms. The maximum absolute atomic E-state index is 11.7. The Morgan fingerprint density at radius 1 is 1.04 bits per heavy atom. The molecule has 0 radical (unpaired) electrons. The Hall–Kier alpha value is -2.66. The molecule has 1 aliphatic heterocycles. The van der Waals surface area contributed by atoms with Crippen LogP contribution in [0.3, 0.4) is 0 Å². The molecule has 2 aromatic rings. The van der Waals surface area contributed by atoms with Crippen molar-refractivity contribution < 1.29 is 4.79 Å². The molecule has 1 fully saturated rings. The normalized spacial score (nSPS) is 15.3. The van der Waals surface area contributed by atoms with Crippen LogP contribution in [0, 0.1) is 0 Å². The summed E-state index contributed by atoms with van der Waals surface area (Å²) in [6, 6.07) is 18.6. The first-order chi connectivity index (χ1) is 11.7. The van der Waals surface area contributed by atoms with E-state index < -0.39 is 0 Å². The lowest BCUT2D eigenvalue weighted by Crippen LogP contribution is -2.21. The molecule has 2 N–H and O–H groups in total. The van der Waals surface area contributed by atoms with Crippen LogP contribution < -0.4 is 15.5 Å². The van der Waals surface area contributed by atoms with E-state index in [1.807, 2.05) is 18.2 Å². The molecule has 4 nitrogen and oxygen atoms in total. The lowest BCUT2D eigenvalue weighted by molar-refractivity contribution is -0.115. The molecule has 5 heteroatoms. The second kappa shape index (κ2) is 7.27. The molecule has 2 aromatic carbocycles. The van der Waals surface area contributed by atoms with Gasteiger partial charge in [0.05, 0.1) is 0 Å². The maximum Gasteiger partial charge on any atom is 0.273 e. The number of nitrogens with zero attached hydrogens (tertiary/aromatic N) is 1. The first-order valence-electron chi connectivity index (χ1n) is 7.88. The van der Waals surface area contributed by atoms with Crippen LogP contribution in [-0.2, 0) is 11.3 Å². The molecule has 122 valence electrons. The average Bonchev–Trinajstić information content (AvgIpc) is 2.92. The fourth-order valence-electron chi connectivity index (χ4n) is 2.62. The predicted molar refractivity (Wildman–Crippen MR) is 101 cm³/mol. The van der Waals surface area contributed by atoms with Crippen molar-refractivity contribution in [3.63, 3.8) is 0 Å². The topological polar surface area (TPSA) is 44.4 Å². The van der Waals surface area contributed by atoms with Crippen LogP contribution in [0.2, 0.25) is 0 Å². The zero-order valence-electron chi connectivity index (χ0n) is 13.5. The fraction of sp³-hybridized carbons (Fsp3) is 0.158. The Kier molecular flexibility index (Phi) is 4.91. The van der Waals surface area contributed by atoms with Crippen LogP contribution in [0.4, 0.5) is 5.69 Å². The van der Waals surface area contributed by atoms with Gasteiger partial charge in [0.1, 0.15) is 5.70 Å². The number of thiocarbonyl (C=S) groups is 1. The zero-order chi connectivity index (χ0) is 16.9. The van der Waals surface area contributed by atoms with Gasteiger partial charge in [-0.15, -0.1) is 0 Å². The van der Waals surface area contributed by atoms with Gasteiger partial charge in [0.25, 0.3) is 5.91 Å². The number of nitrogens with one attached hydrogen (secondary N) is 2. The molecule has 1 saturated heterocycles. The number of hydrogen-bond donors (Lipinski definition) is 2. The molecule has 0 aromatic heterocycles. The summed E-state index contributed by atoms with van der Waals surface area (Å²) in [5.41, 5.74) is 3.87. The number of anilines is 1. The summed E-state index contributed by atoms with van der Waals surface area (Å²) in [7, 11) is 0. The fourth-order valence-corrected chi connectivity index (χ4v) is 2.82. The highest BCUT2D eigenvalue weighted by Crippen LogP contribution is 2.19. The van der Waals surface area contributed by atoms with E-state index in [0.29, 0.717) is 10.8 Å². The van der Waals surface area contributed by atoms with Crippen LogP contribution in [0.5, 0.6) is 0 Å². The van der Waals surface area contributed by atoms with Crippen LogP contribution in [0.15, 0.2) is 60.3 Å². The Morgan fingerprint density at radius 2 is 1.75 bits per heavy atom. The first kappa shape index (κ1) is 16.2. The highest BCUT2D eigenvalue weighted by molar-refractivity contribution is 7.80. The quantitative estimate of drug-likeness (QED) is 0.650. The monoisotopic (exact) mass is 337 g/mol. The minimum atomic E-state index is -0.191. The molecule has 0 saturated carbocycles. The minimum absolute atomic E-state index is 0.191. The van der Waals surface area contributed by atoms with E-state index in [9.17, 15) is 4.79 Å². The highest BCUT2D eigenvalue weighted by atomic mass is 32.1. The summed E-state index contributed by atoms with van der Waals surface area (Å²) in [6.45, 7) is 3.94. The van der Waals surface area contributed by atoms with Gasteiger partial charge in [0.2, 0.25) is 0 Å². The lowest BCUT2D eigenvalue weighted by Gasteiger charge is -2.23. The van der Waals surface area contributed by atoms with E-state index in [-0.39, 0.29) is 5.91 Å². The van der Waals surface area contributed by atoms with E-state index in [4.69, 9.17) is 12.2 Å². The van der Waals surface area contributed by atoms with E-state index in [2.05, 4.69) is 58.9 Å². The summed E-state index contributed by atoms with van der Waals surface area (Å²) in [5.74, 6) is -0.191. The van der Waals surface area contributed by atoms with Gasteiger partial charge in [-0.2, -0.15) is 0 Å². The van der Waals surface area contributed by atoms with Gasteiger partial charge in [-0.25, -0.2) is 0 Å². The van der Waals surface area contributed by atoms with Crippen molar-refractivity contribution in [3.05, 3.63) is 71.4 Å². The summed E-state index contributed by atoms with van der Waals surface area (Å²) in [4.78, 5) is 14.0. The van der Waals surface area contributed by atoms with E-state index >= 15 is 0 Å². The van der Waals surface area contributed by atoms with Gasteiger partial charge in [-0.05, 0) is 48.5 Å². The third-order valence-corrected chi connectivity index (χ3v) is 4.09. The molecule has 0 bridgehead atoms. The molecule has 1 aliphatic rings. The van der Waals surface area contributed by atoms with Gasteiger partial charge in [-0.3, -0.25) is 10.1 Å². The van der Waals surface area contributed by atoms with Crippen molar-refractivity contribution in [1.82, 2.24) is 10.6 Å². The van der Waals surface area contributed by atoms with Crippen molar-refractivity contribution in [3.8, 4) is 0 Å². The molecular weight excluding hydrogens is 318 g/mol. The number of carbonyl (C=O) groups excluding carboxylic acids is 1. The zero-order valence-corrected chi connectivity index (χ0v) is 14.3. The van der Waals surface area contributed by atoms with E-state index in [1.54, 1.807) is 6.08 Å². The molecule has 1 heterocycles. The van der Waals surface area contributed by atoms with Crippen molar-refractivity contribution in [2.75, 3.05) is 11.4 Å². The standard InChI is InChI=1S/C19H19N3OS/c1-2-22(13-15-6-4-3-5-7-15)16-10-8-14(9-11-16)12-17-18(23)21-19(24)20-17/h3-12H,2,13H2,1H3,(H2,20,21,23,24)/b17-12+. The molecule has 3 rings (SSSR count). The van der Waals surface area contributed by atoms with Crippen molar-refractivity contribution in [1.29, 1.82) is 0 Å². The van der Waals surface area contributed by atoms with Crippen molar-refractivity contribution >= 4 is 35.0 Å². The summed E-state index contributed by atoms with van der Waals surface area (Å²) >= 11 is 4.93. The number of carbonyl (C=O) groups is 1. The SMILES string of the molecule is CCN(Cc1ccccc1)c1ccc(/C=C2/NC(=S)NC2=O)cc1. The Balaban J connectivity index is 1.74. The first-order valence-corrected chi connectivity index (χ1v) is 8.29. The summed E-state index contributed by atoms with van der Waals surface area (Å²) < 4.78 is 0. The largest absolute Gasteiger partial charge is 0.367 e. The van der Waals surface area contributed by atoms with Gasteiger partial charge in [-0.1, -0.05) is 42.5 Å². The predicted octanol–water partition coefficient (Wildman–Crippen LogP) is 3.06. The van der Waals surface area contributed by atoms with Crippen molar-refractivity contribution in [2.24, 2.45) is 0 Å². The number of benzene rings is 2. The Bertz CT molecular complexity index is 769. The van der Waals surface area contributed by atoms with Gasteiger partial charge in [0.15, 0.2) is 5.11 Å². The molecular formula is C19H19N3OS.